The number of anilines is 1. The predicted octanol–water partition coefficient (Wildman–Crippen LogP) is 4.21. The third kappa shape index (κ3) is 4.39. The summed E-state index contributed by atoms with van der Waals surface area (Å²) in [5, 5.41) is 2.64. The van der Waals surface area contributed by atoms with Gasteiger partial charge < -0.3 is 10.1 Å². The molecule has 0 aliphatic rings. The second-order valence-electron chi connectivity index (χ2n) is 4.99. The summed E-state index contributed by atoms with van der Waals surface area (Å²) in [5.74, 6) is -1.21. The van der Waals surface area contributed by atoms with Crippen LogP contribution >= 0.6 is 15.9 Å². The van der Waals surface area contributed by atoms with Gasteiger partial charge in [-0.3, -0.25) is 4.79 Å². The number of hydrogen-bond donors (Lipinski definition) is 1. The molecular formula is C17H15BrFNO3. The molecule has 1 amide bonds. The standard InChI is InChI=1S/C17H15BrFNO3/c1-10-4-3-5-14(16(10)20-11(2)21)17(22)23-9-12-6-7-13(19)8-15(12)18/h3-8H,9H2,1-2H3,(H,20,21). The Bertz CT molecular complexity index is 761. The zero-order valence-corrected chi connectivity index (χ0v) is 14.2. The minimum atomic E-state index is -0.561. The maximum atomic E-state index is 13.1. The van der Waals surface area contributed by atoms with Gasteiger partial charge in [-0.1, -0.05) is 34.1 Å². The molecule has 2 aromatic carbocycles. The van der Waals surface area contributed by atoms with Crippen LogP contribution in [0.4, 0.5) is 10.1 Å². The number of aryl methyl sites for hydroxylation is 1. The van der Waals surface area contributed by atoms with Gasteiger partial charge >= 0.3 is 5.97 Å². The average Bonchev–Trinajstić information content (AvgIpc) is 2.47. The zero-order valence-electron chi connectivity index (χ0n) is 12.7. The SMILES string of the molecule is CC(=O)Nc1c(C)cccc1C(=O)OCc1ccc(F)cc1Br. The van der Waals surface area contributed by atoms with E-state index >= 15 is 0 Å². The molecule has 0 aliphatic heterocycles. The first-order valence-electron chi connectivity index (χ1n) is 6.86. The number of carbonyl (C=O) groups is 2. The first kappa shape index (κ1) is 17.1. The second kappa shape index (κ2) is 7.37. The molecule has 0 radical (unpaired) electrons. The van der Waals surface area contributed by atoms with Crippen LogP contribution in [0.3, 0.4) is 0 Å². The minimum Gasteiger partial charge on any atom is -0.457 e. The van der Waals surface area contributed by atoms with E-state index in [1.165, 1.54) is 25.1 Å². The molecule has 4 nitrogen and oxygen atoms in total. The molecule has 0 bridgehead atoms. The van der Waals surface area contributed by atoms with E-state index in [1.807, 2.05) is 0 Å². The van der Waals surface area contributed by atoms with Crippen LogP contribution in [0.25, 0.3) is 0 Å². The Hall–Kier alpha value is -2.21. The van der Waals surface area contributed by atoms with Crippen LogP contribution in [-0.4, -0.2) is 11.9 Å². The summed E-state index contributed by atoms with van der Waals surface area (Å²) >= 11 is 3.22. The van der Waals surface area contributed by atoms with Crippen molar-refractivity contribution >= 4 is 33.5 Å². The van der Waals surface area contributed by atoms with Gasteiger partial charge in [-0.15, -0.1) is 0 Å². The van der Waals surface area contributed by atoms with Gasteiger partial charge in [0.1, 0.15) is 12.4 Å². The van der Waals surface area contributed by atoms with Gasteiger partial charge in [-0.05, 0) is 30.7 Å². The molecule has 0 unspecified atom stereocenters. The summed E-state index contributed by atoms with van der Waals surface area (Å²) in [5.41, 5.74) is 2.12. The van der Waals surface area contributed by atoms with E-state index in [9.17, 15) is 14.0 Å². The molecule has 0 aromatic heterocycles. The monoisotopic (exact) mass is 379 g/mol. The normalized spacial score (nSPS) is 10.3. The number of carbonyl (C=O) groups excluding carboxylic acids is 2. The third-order valence-electron chi connectivity index (χ3n) is 3.17. The lowest BCUT2D eigenvalue weighted by Gasteiger charge is -2.13. The van der Waals surface area contributed by atoms with Gasteiger partial charge in [0.15, 0.2) is 0 Å². The highest BCUT2D eigenvalue weighted by Gasteiger charge is 2.16. The van der Waals surface area contributed by atoms with Crippen molar-refractivity contribution in [1.82, 2.24) is 0 Å². The van der Waals surface area contributed by atoms with Crippen molar-refractivity contribution in [2.75, 3.05) is 5.32 Å². The highest BCUT2D eigenvalue weighted by Crippen LogP contribution is 2.23. The molecule has 0 fully saturated rings. The van der Waals surface area contributed by atoms with Crippen LogP contribution in [0.1, 0.15) is 28.4 Å². The summed E-state index contributed by atoms with van der Waals surface area (Å²) < 4.78 is 18.8. The van der Waals surface area contributed by atoms with E-state index in [4.69, 9.17) is 4.74 Å². The fourth-order valence-electron chi connectivity index (χ4n) is 2.04. The molecule has 0 atom stereocenters. The number of ether oxygens (including phenoxy) is 1. The van der Waals surface area contributed by atoms with Crippen molar-refractivity contribution in [3.8, 4) is 0 Å². The van der Waals surface area contributed by atoms with E-state index in [1.54, 1.807) is 25.1 Å². The predicted molar refractivity (Wildman–Crippen MR) is 88.7 cm³/mol. The molecule has 120 valence electrons. The quantitative estimate of drug-likeness (QED) is 0.809. The fourth-order valence-corrected chi connectivity index (χ4v) is 2.50. The molecule has 0 saturated carbocycles. The van der Waals surface area contributed by atoms with Crippen molar-refractivity contribution in [3.05, 3.63) is 63.4 Å². The van der Waals surface area contributed by atoms with E-state index < -0.39 is 5.97 Å². The first-order chi connectivity index (χ1) is 10.9. The number of halogens is 2. The Morgan fingerprint density at radius 1 is 1.26 bits per heavy atom. The average molecular weight is 380 g/mol. The van der Waals surface area contributed by atoms with E-state index in [0.717, 1.165) is 5.56 Å². The topological polar surface area (TPSA) is 55.4 Å². The number of hydrogen-bond acceptors (Lipinski definition) is 3. The Morgan fingerprint density at radius 2 is 2.00 bits per heavy atom. The van der Waals surface area contributed by atoms with Crippen molar-refractivity contribution < 1.29 is 18.7 Å². The van der Waals surface area contributed by atoms with Gasteiger partial charge in [0, 0.05) is 17.0 Å². The fraction of sp³-hybridized carbons (Fsp3) is 0.176. The van der Waals surface area contributed by atoms with E-state index in [2.05, 4.69) is 21.2 Å². The zero-order chi connectivity index (χ0) is 17.0. The maximum Gasteiger partial charge on any atom is 0.340 e. The van der Waals surface area contributed by atoms with Gasteiger partial charge in [0.05, 0.1) is 11.3 Å². The van der Waals surface area contributed by atoms with Crippen LogP contribution < -0.4 is 5.32 Å². The lowest BCUT2D eigenvalue weighted by molar-refractivity contribution is -0.114. The maximum absolute atomic E-state index is 13.1. The molecule has 6 heteroatoms. The van der Waals surface area contributed by atoms with E-state index in [-0.39, 0.29) is 23.9 Å². The lowest BCUT2D eigenvalue weighted by atomic mass is 10.1. The third-order valence-corrected chi connectivity index (χ3v) is 3.91. The van der Waals surface area contributed by atoms with Crippen molar-refractivity contribution in [2.24, 2.45) is 0 Å². The van der Waals surface area contributed by atoms with Crippen LogP contribution in [0.15, 0.2) is 40.9 Å². The number of rotatable bonds is 4. The molecule has 2 rings (SSSR count). The molecule has 2 aromatic rings. The van der Waals surface area contributed by atoms with Gasteiger partial charge in [0.2, 0.25) is 5.91 Å². The minimum absolute atomic E-state index is 0.00680. The molecule has 0 spiro atoms. The highest BCUT2D eigenvalue weighted by atomic mass is 79.9. The molecule has 23 heavy (non-hydrogen) atoms. The smallest absolute Gasteiger partial charge is 0.340 e. The number of nitrogens with one attached hydrogen (secondary N) is 1. The molecule has 0 aliphatic carbocycles. The Balaban J connectivity index is 2.18. The summed E-state index contributed by atoms with van der Waals surface area (Å²) in [4.78, 5) is 23.6. The van der Waals surface area contributed by atoms with Crippen molar-refractivity contribution in [1.29, 1.82) is 0 Å². The highest BCUT2D eigenvalue weighted by molar-refractivity contribution is 9.10. The molecule has 0 saturated heterocycles. The Kier molecular flexibility index (Phi) is 5.50. The van der Waals surface area contributed by atoms with Crippen LogP contribution in [0, 0.1) is 12.7 Å². The van der Waals surface area contributed by atoms with Crippen molar-refractivity contribution in [3.63, 3.8) is 0 Å². The number of para-hydroxylation sites is 1. The number of benzene rings is 2. The van der Waals surface area contributed by atoms with Gasteiger partial charge in [0.25, 0.3) is 0 Å². The molecule has 1 N–H and O–H groups in total. The van der Waals surface area contributed by atoms with Crippen molar-refractivity contribution in [2.45, 2.75) is 20.5 Å². The number of esters is 1. The van der Waals surface area contributed by atoms with Crippen LogP contribution in [0.5, 0.6) is 0 Å². The van der Waals surface area contributed by atoms with Crippen LogP contribution in [0.2, 0.25) is 0 Å². The molecule has 0 heterocycles. The summed E-state index contributed by atoms with van der Waals surface area (Å²) in [6, 6.07) is 9.23. The lowest BCUT2D eigenvalue weighted by Crippen LogP contribution is -2.14. The number of amides is 1. The molecular weight excluding hydrogens is 365 g/mol. The summed E-state index contributed by atoms with van der Waals surface area (Å²) in [7, 11) is 0. The van der Waals surface area contributed by atoms with E-state index in [0.29, 0.717) is 15.7 Å². The summed E-state index contributed by atoms with van der Waals surface area (Å²) in [6.45, 7) is 3.16. The first-order valence-corrected chi connectivity index (χ1v) is 7.66. The second-order valence-corrected chi connectivity index (χ2v) is 5.84. The Morgan fingerprint density at radius 3 is 2.65 bits per heavy atom. The van der Waals surface area contributed by atoms with Gasteiger partial charge in [-0.2, -0.15) is 0 Å². The summed E-state index contributed by atoms with van der Waals surface area (Å²) in [6.07, 6.45) is 0. The van der Waals surface area contributed by atoms with Gasteiger partial charge in [-0.25, -0.2) is 9.18 Å². The van der Waals surface area contributed by atoms with Crippen LogP contribution in [-0.2, 0) is 16.1 Å². The Labute approximate surface area is 141 Å². The largest absolute Gasteiger partial charge is 0.457 e.